The summed E-state index contributed by atoms with van der Waals surface area (Å²) in [5.74, 6) is 3.63. The Kier molecular flexibility index (Phi) is 6.98. The largest absolute Gasteiger partial charge is 0.377 e. The minimum absolute atomic E-state index is 0.252. The lowest BCUT2D eigenvalue weighted by atomic mass is 10.1. The number of pyridine rings is 1. The van der Waals surface area contributed by atoms with Crippen molar-refractivity contribution in [3.05, 3.63) is 35.5 Å². The Hall–Kier alpha value is -2.72. The fourth-order valence-electron chi connectivity index (χ4n) is 4.11. The lowest BCUT2D eigenvalue weighted by molar-refractivity contribution is 0.177. The maximum absolute atomic E-state index is 5.15. The molecule has 1 atom stereocenters. The van der Waals surface area contributed by atoms with Gasteiger partial charge in [-0.2, -0.15) is 5.10 Å². The zero-order valence-corrected chi connectivity index (χ0v) is 18.7. The first-order chi connectivity index (χ1) is 15.2. The molecule has 2 aliphatic heterocycles. The van der Waals surface area contributed by atoms with Crippen LogP contribution >= 0.6 is 0 Å². The molecule has 2 N–H and O–H groups in total. The molecule has 168 valence electrons. The average molecular weight is 428 g/mol. The second-order valence-corrected chi connectivity index (χ2v) is 8.14. The summed E-state index contributed by atoms with van der Waals surface area (Å²) in [6.45, 7) is 6.01. The summed E-state index contributed by atoms with van der Waals surface area (Å²) >= 11 is 0. The van der Waals surface area contributed by atoms with E-state index in [0.29, 0.717) is 13.2 Å². The standard InChI is InChI=1S/C21H33N9O/c1-22-21(25-17-6-7-19-26-18(15-31-3)27-30(19)14-17)24-13-16-5-4-8-23-20(16)29-11-9-28(2)10-12-29/h4-5,8,17H,6-7,9-15H2,1-3H3,(H2,22,24,25). The molecule has 1 saturated heterocycles. The van der Waals surface area contributed by atoms with Gasteiger partial charge in [0.25, 0.3) is 0 Å². The van der Waals surface area contributed by atoms with Crippen molar-refractivity contribution in [2.24, 2.45) is 4.99 Å². The van der Waals surface area contributed by atoms with Crippen molar-refractivity contribution in [3.8, 4) is 0 Å². The van der Waals surface area contributed by atoms with Crippen LogP contribution in [-0.4, -0.2) is 84.0 Å². The third kappa shape index (κ3) is 5.31. The molecule has 0 radical (unpaired) electrons. The number of hydrogen-bond donors (Lipinski definition) is 2. The van der Waals surface area contributed by atoms with Gasteiger partial charge in [-0.1, -0.05) is 6.07 Å². The number of rotatable bonds is 6. The molecule has 4 heterocycles. The van der Waals surface area contributed by atoms with E-state index in [1.165, 1.54) is 5.56 Å². The highest BCUT2D eigenvalue weighted by Crippen LogP contribution is 2.19. The number of likely N-dealkylation sites (N-methyl/N-ethyl adjacent to an activating group) is 1. The van der Waals surface area contributed by atoms with Crippen LogP contribution in [0.15, 0.2) is 23.3 Å². The molecule has 2 aromatic heterocycles. The van der Waals surface area contributed by atoms with E-state index in [1.807, 2.05) is 16.9 Å². The Bertz CT molecular complexity index is 889. The predicted molar refractivity (Wildman–Crippen MR) is 120 cm³/mol. The van der Waals surface area contributed by atoms with Gasteiger partial charge in [0.05, 0.1) is 6.54 Å². The van der Waals surface area contributed by atoms with Gasteiger partial charge in [-0.3, -0.25) is 4.99 Å². The maximum Gasteiger partial charge on any atom is 0.191 e. The highest BCUT2D eigenvalue weighted by Gasteiger charge is 2.23. The number of aromatic nitrogens is 4. The molecule has 0 aliphatic carbocycles. The topological polar surface area (TPSA) is 95.7 Å². The van der Waals surface area contributed by atoms with Crippen LogP contribution < -0.4 is 15.5 Å². The van der Waals surface area contributed by atoms with E-state index in [4.69, 9.17) is 4.74 Å². The van der Waals surface area contributed by atoms with E-state index in [9.17, 15) is 0 Å². The Balaban J connectivity index is 1.34. The van der Waals surface area contributed by atoms with Gasteiger partial charge >= 0.3 is 0 Å². The van der Waals surface area contributed by atoms with Gasteiger partial charge in [0.15, 0.2) is 11.8 Å². The highest BCUT2D eigenvalue weighted by atomic mass is 16.5. The number of aryl methyl sites for hydroxylation is 1. The van der Waals surface area contributed by atoms with Crippen LogP contribution in [-0.2, 0) is 30.9 Å². The Morgan fingerprint density at radius 3 is 2.90 bits per heavy atom. The summed E-state index contributed by atoms with van der Waals surface area (Å²) < 4.78 is 7.13. The molecule has 10 nitrogen and oxygen atoms in total. The summed E-state index contributed by atoms with van der Waals surface area (Å²) in [5.41, 5.74) is 1.18. The SMILES string of the molecule is CN=C(NCc1cccnc1N1CCN(C)CC1)NC1CCc2nc(COC)nn2C1. The monoisotopic (exact) mass is 427 g/mol. The summed E-state index contributed by atoms with van der Waals surface area (Å²) in [4.78, 5) is 18.4. The van der Waals surface area contributed by atoms with Crippen molar-refractivity contribution in [1.29, 1.82) is 0 Å². The zero-order valence-electron chi connectivity index (χ0n) is 18.7. The van der Waals surface area contributed by atoms with Crippen molar-refractivity contribution in [2.45, 2.75) is 38.6 Å². The Morgan fingerprint density at radius 1 is 1.29 bits per heavy atom. The summed E-state index contributed by atoms with van der Waals surface area (Å²) in [6.07, 6.45) is 3.76. The highest BCUT2D eigenvalue weighted by molar-refractivity contribution is 5.80. The number of nitrogens with zero attached hydrogens (tertiary/aromatic N) is 7. The molecule has 2 aliphatic rings. The minimum atomic E-state index is 0.252. The first kappa shape index (κ1) is 21.5. The second-order valence-electron chi connectivity index (χ2n) is 8.14. The van der Waals surface area contributed by atoms with Crippen LogP contribution in [0.4, 0.5) is 5.82 Å². The molecular formula is C21H33N9O. The number of hydrogen-bond acceptors (Lipinski definition) is 7. The summed E-state index contributed by atoms with van der Waals surface area (Å²) in [6, 6.07) is 4.39. The van der Waals surface area contributed by atoms with Gasteiger partial charge < -0.3 is 25.2 Å². The van der Waals surface area contributed by atoms with Gasteiger partial charge in [0.2, 0.25) is 0 Å². The lowest BCUT2D eigenvalue weighted by Gasteiger charge is -2.34. The van der Waals surface area contributed by atoms with Crippen LogP contribution in [0.2, 0.25) is 0 Å². The van der Waals surface area contributed by atoms with E-state index in [0.717, 1.165) is 69.0 Å². The van der Waals surface area contributed by atoms with Gasteiger partial charge in [-0.05, 0) is 19.5 Å². The molecule has 1 unspecified atom stereocenters. The first-order valence-electron chi connectivity index (χ1n) is 10.9. The predicted octanol–water partition coefficient (Wildman–Crippen LogP) is 0.251. The number of guanidine groups is 1. The molecule has 31 heavy (non-hydrogen) atoms. The normalized spacial score (nSPS) is 19.9. The van der Waals surface area contributed by atoms with E-state index in [1.54, 1.807) is 14.2 Å². The molecule has 4 rings (SSSR count). The van der Waals surface area contributed by atoms with Crippen molar-refractivity contribution < 1.29 is 4.74 Å². The fraction of sp³-hybridized carbons (Fsp3) is 0.619. The summed E-state index contributed by atoms with van der Waals surface area (Å²) in [5, 5.41) is 11.6. The number of methoxy groups -OCH3 is 1. The fourth-order valence-corrected chi connectivity index (χ4v) is 4.11. The van der Waals surface area contributed by atoms with E-state index < -0.39 is 0 Å². The third-order valence-corrected chi connectivity index (χ3v) is 5.86. The second kappa shape index (κ2) is 10.1. The van der Waals surface area contributed by atoms with Crippen LogP contribution in [0.3, 0.4) is 0 Å². The van der Waals surface area contributed by atoms with Crippen LogP contribution in [0, 0.1) is 0 Å². The van der Waals surface area contributed by atoms with Crippen LogP contribution in [0.1, 0.15) is 23.6 Å². The van der Waals surface area contributed by atoms with E-state index in [-0.39, 0.29) is 6.04 Å². The van der Waals surface area contributed by atoms with E-state index >= 15 is 0 Å². The minimum Gasteiger partial charge on any atom is -0.377 e. The molecular weight excluding hydrogens is 394 g/mol. The van der Waals surface area contributed by atoms with Crippen molar-refractivity contribution in [2.75, 3.05) is 52.3 Å². The molecule has 0 spiro atoms. The van der Waals surface area contributed by atoms with Gasteiger partial charge in [-0.25, -0.2) is 14.6 Å². The Morgan fingerprint density at radius 2 is 2.13 bits per heavy atom. The zero-order chi connectivity index (χ0) is 21.6. The quantitative estimate of drug-likeness (QED) is 0.500. The van der Waals surface area contributed by atoms with E-state index in [2.05, 4.69) is 53.6 Å². The molecule has 0 amide bonds. The van der Waals surface area contributed by atoms with Gasteiger partial charge in [0, 0.05) is 71.1 Å². The third-order valence-electron chi connectivity index (χ3n) is 5.86. The number of nitrogens with one attached hydrogen (secondary N) is 2. The Labute approximate surface area is 183 Å². The average Bonchev–Trinajstić information content (AvgIpc) is 3.19. The van der Waals surface area contributed by atoms with Crippen molar-refractivity contribution in [3.63, 3.8) is 0 Å². The molecule has 1 fully saturated rings. The first-order valence-corrected chi connectivity index (χ1v) is 10.9. The number of fused-ring (bicyclic) bond motifs is 1. The lowest BCUT2D eigenvalue weighted by Crippen LogP contribution is -2.47. The smallest absolute Gasteiger partial charge is 0.191 e. The van der Waals surface area contributed by atoms with Crippen LogP contribution in [0.25, 0.3) is 0 Å². The molecule has 0 bridgehead atoms. The molecule has 2 aromatic rings. The summed E-state index contributed by atoms with van der Waals surface area (Å²) in [7, 11) is 5.64. The number of aliphatic imine (C=N–C) groups is 1. The van der Waals surface area contributed by atoms with Crippen molar-refractivity contribution in [1.82, 2.24) is 35.3 Å². The van der Waals surface area contributed by atoms with Crippen LogP contribution in [0.5, 0.6) is 0 Å². The number of piperazine rings is 1. The number of anilines is 1. The number of ether oxygens (including phenoxy) is 1. The van der Waals surface area contributed by atoms with Crippen molar-refractivity contribution >= 4 is 11.8 Å². The van der Waals surface area contributed by atoms with Gasteiger partial charge in [0.1, 0.15) is 18.2 Å². The molecule has 10 heteroatoms. The molecule has 0 aromatic carbocycles. The van der Waals surface area contributed by atoms with Gasteiger partial charge in [-0.15, -0.1) is 0 Å². The maximum atomic E-state index is 5.15. The molecule has 0 saturated carbocycles.